The fraction of sp³-hybridized carbons (Fsp3) is 0.304. The molecular weight excluding hydrogens is 447 g/mol. The largest absolute Gasteiger partial charge is 0.491 e. The molecule has 2 aromatic carbocycles. The smallest absolute Gasteiger partial charge is 0.243 e. The van der Waals surface area contributed by atoms with Gasteiger partial charge >= 0.3 is 0 Å². The molecule has 1 aliphatic rings. The number of aryl methyl sites for hydroxylation is 1. The Balaban J connectivity index is 1.46. The SMILES string of the molecule is CCOc1ccc(S(=O)(=O)N2CCN(c3cc(Oc4ccccc4)nc(C)n3)CC2)cc1F. The van der Waals surface area contributed by atoms with Crippen LogP contribution in [0.3, 0.4) is 0 Å². The first-order valence-electron chi connectivity index (χ1n) is 10.6. The molecule has 1 saturated heterocycles. The van der Waals surface area contributed by atoms with Crippen molar-refractivity contribution in [3.8, 4) is 17.4 Å². The molecule has 0 aliphatic carbocycles. The molecule has 0 radical (unpaired) electrons. The third-order valence-corrected chi connectivity index (χ3v) is 7.06. The van der Waals surface area contributed by atoms with Crippen molar-refractivity contribution in [1.29, 1.82) is 0 Å². The molecule has 4 rings (SSSR count). The van der Waals surface area contributed by atoms with E-state index in [-0.39, 0.29) is 23.7 Å². The highest BCUT2D eigenvalue weighted by Crippen LogP contribution is 2.27. The minimum absolute atomic E-state index is 0.0360. The Hall–Kier alpha value is -3.24. The molecule has 10 heteroatoms. The van der Waals surface area contributed by atoms with E-state index >= 15 is 0 Å². The number of ether oxygens (including phenoxy) is 2. The lowest BCUT2D eigenvalue weighted by Gasteiger charge is -2.34. The fourth-order valence-corrected chi connectivity index (χ4v) is 5.00. The quantitative estimate of drug-likeness (QED) is 0.519. The predicted octanol–water partition coefficient (Wildman–Crippen LogP) is 3.63. The molecule has 0 spiro atoms. The summed E-state index contributed by atoms with van der Waals surface area (Å²) in [6, 6.07) is 14.8. The van der Waals surface area contributed by atoms with Crippen LogP contribution in [-0.4, -0.2) is 55.5 Å². The van der Waals surface area contributed by atoms with Gasteiger partial charge in [0.1, 0.15) is 17.4 Å². The average molecular weight is 473 g/mol. The average Bonchev–Trinajstić information content (AvgIpc) is 2.81. The van der Waals surface area contributed by atoms with Crippen LogP contribution >= 0.6 is 0 Å². The molecule has 0 unspecified atom stereocenters. The van der Waals surface area contributed by atoms with Gasteiger partial charge < -0.3 is 14.4 Å². The second-order valence-electron chi connectivity index (χ2n) is 7.44. The Morgan fingerprint density at radius 1 is 1.00 bits per heavy atom. The standard InChI is InChI=1S/C23H25FN4O4S/c1-3-31-21-10-9-19(15-20(21)24)33(29,30)28-13-11-27(12-14-28)22-16-23(26-17(2)25-22)32-18-7-5-4-6-8-18/h4-10,15-16H,3,11-14H2,1-2H3. The fourth-order valence-electron chi connectivity index (χ4n) is 3.57. The van der Waals surface area contributed by atoms with Crippen molar-refractivity contribution < 1.29 is 22.3 Å². The zero-order valence-electron chi connectivity index (χ0n) is 18.4. The lowest BCUT2D eigenvalue weighted by molar-refractivity contribution is 0.321. The number of benzene rings is 2. The molecule has 1 aromatic heterocycles. The molecule has 0 atom stereocenters. The molecule has 33 heavy (non-hydrogen) atoms. The highest BCUT2D eigenvalue weighted by Gasteiger charge is 2.30. The van der Waals surface area contributed by atoms with Crippen molar-refractivity contribution >= 4 is 15.8 Å². The molecule has 174 valence electrons. The van der Waals surface area contributed by atoms with E-state index in [0.29, 0.717) is 43.0 Å². The number of rotatable bonds is 7. The van der Waals surface area contributed by atoms with E-state index in [1.807, 2.05) is 35.2 Å². The normalized spacial score (nSPS) is 14.8. The Labute approximate surface area is 192 Å². The number of piperazine rings is 1. The second kappa shape index (κ2) is 9.72. The lowest BCUT2D eigenvalue weighted by atomic mass is 10.3. The van der Waals surface area contributed by atoms with Gasteiger partial charge in [-0.25, -0.2) is 17.8 Å². The van der Waals surface area contributed by atoms with Gasteiger partial charge in [-0.15, -0.1) is 0 Å². The monoisotopic (exact) mass is 472 g/mol. The van der Waals surface area contributed by atoms with E-state index in [4.69, 9.17) is 9.47 Å². The van der Waals surface area contributed by atoms with Gasteiger partial charge in [-0.2, -0.15) is 9.29 Å². The van der Waals surface area contributed by atoms with E-state index < -0.39 is 15.8 Å². The molecule has 1 aliphatic heterocycles. The summed E-state index contributed by atoms with van der Waals surface area (Å²) in [7, 11) is -3.83. The van der Waals surface area contributed by atoms with Gasteiger partial charge in [-0.3, -0.25) is 0 Å². The van der Waals surface area contributed by atoms with Gasteiger partial charge in [0, 0.05) is 32.2 Å². The first-order chi connectivity index (χ1) is 15.9. The zero-order valence-corrected chi connectivity index (χ0v) is 19.3. The Bertz CT molecular complexity index is 1220. The van der Waals surface area contributed by atoms with Crippen LogP contribution in [0.1, 0.15) is 12.7 Å². The molecule has 0 saturated carbocycles. The number of hydrogen-bond donors (Lipinski definition) is 0. The number of para-hydroxylation sites is 1. The number of anilines is 1. The van der Waals surface area contributed by atoms with Crippen LogP contribution in [0, 0.1) is 12.7 Å². The summed E-state index contributed by atoms with van der Waals surface area (Å²) in [4.78, 5) is 10.7. The highest BCUT2D eigenvalue weighted by atomic mass is 32.2. The molecule has 3 aromatic rings. The van der Waals surface area contributed by atoms with Crippen molar-refractivity contribution in [2.24, 2.45) is 0 Å². The van der Waals surface area contributed by atoms with Crippen molar-refractivity contribution in [3.05, 3.63) is 66.2 Å². The molecule has 0 N–H and O–H groups in total. The summed E-state index contributed by atoms with van der Waals surface area (Å²) in [5.74, 6) is 1.65. The number of hydrogen-bond acceptors (Lipinski definition) is 7. The third-order valence-electron chi connectivity index (χ3n) is 5.17. The molecule has 1 fully saturated rings. The van der Waals surface area contributed by atoms with Crippen molar-refractivity contribution in [2.45, 2.75) is 18.7 Å². The van der Waals surface area contributed by atoms with Gasteiger partial charge in [0.2, 0.25) is 15.9 Å². The van der Waals surface area contributed by atoms with Gasteiger partial charge in [0.15, 0.2) is 11.6 Å². The number of halogens is 1. The van der Waals surface area contributed by atoms with Gasteiger partial charge in [0.25, 0.3) is 0 Å². The highest BCUT2D eigenvalue weighted by molar-refractivity contribution is 7.89. The maximum atomic E-state index is 14.2. The predicted molar refractivity (Wildman–Crippen MR) is 122 cm³/mol. The summed E-state index contributed by atoms with van der Waals surface area (Å²) >= 11 is 0. The van der Waals surface area contributed by atoms with Gasteiger partial charge in [-0.1, -0.05) is 18.2 Å². The third kappa shape index (κ3) is 5.23. The Morgan fingerprint density at radius 3 is 2.39 bits per heavy atom. The van der Waals surface area contributed by atoms with E-state index in [9.17, 15) is 12.8 Å². The Morgan fingerprint density at radius 2 is 1.73 bits per heavy atom. The maximum Gasteiger partial charge on any atom is 0.243 e. The topological polar surface area (TPSA) is 84.9 Å². The molecule has 0 amide bonds. The Kier molecular flexibility index (Phi) is 6.75. The molecular formula is C23H25FN4O4S. The number of aromatic nitrogens is 2. The maximum absolute atomic E-state index is 14.2. The van der Waals surface area contributed by atoms with Crippen molar-refractivity contribution in [2.75, 3.05) is 37.7 Å². The summed E-state index contributed by atoms with van der Waals surface area (Å²) in [5, 5.41) is 0. The van der Waals surface area contributed by atoms with Gasteiger partial charge in [-0.05, 0) is 44.2 Å². The van der Waals surface area contributed by atoms with Crippen molar-refractivity contribution in [3.63, 3.8) is 0 Å². The van der Waals surface area contributed by atoms with E-state index in [0.717, 1.165) is 6.07 Å². The minimum atomic E-state index is -3.83. The summed E-state index contributed by atoms with van der Waals surface area (Å²) < 4.78 is 52.6. The van der Waals surface area contributed by atoms with E-state index in [2.05, 4.69) is 9.97 Å². The van der Waals surface area contributed by atoms with E-state index in [1.54, 1.807) is 19.9 Å². The van der Waals surface area contributed by atoms with Crippen LogP contribution in [-0.2, 0) is 10.0 Å². The zero-order chi connectivity index (χ0) is 23.4. The summed E-state index contributed by atoms with van der Waals surface area (Å²) in [5.41, 5.74) is 0. The second-order valence-corrected chi connectivity index (χ2v) is 9.38. The van der Waals surface area contributed by atoms with Crippen molar-refractivity contribution in [1.82, 2.24) is 14.3 Å². The molecule has 8 nitrogen and oxygen atoms in total. The first kappa shape index (κ1) is 22.9. The first-order valence-corrected chi connectivity index (χ1v) is 12.1. The lowest BCUT2D eigenvalue weighted by Crippen LogP contribution is -2.49. The van der Waals surface area contributed by atoms with Gasteiger partial charge in [0.05, 0.1) is 11.5 Å². The molecule has 0 bridgehead atoms. The minimum Gasteiger partial charge on any atom is -0.491 e. The number of nitrogens with zero attached hydrogens (tertiary/aromatic N) is 4. The summed E-state index contributed by atoms with van der Waals surface area (Å²) in [6.07, 6.45) is 0. The van der Waals surface area contributed by atoms with Crippen LogP contribution < -0.4 is 14.4 Å². The van der Waals surface area contributed by atoms with Crippen LogP contribution in [0.25, 0.3) is 0 Å². The van der Waals surface area contributed by atoms with Crippen LogP contribution in [0.5, 0.6) is 17.4 Å². The van der Waals surface area contributed by atoms with Crippen LogP contribution in [0.4, 0.5) is 10.2 Å². The number of sulfonamides is 1. The van der Waals surface area contributed by atoms with E-state index in [1.165, 1.54) is 16.4 Å². The van der Waals surface area contributed by atoms with Crippen LogP contribution in [0.15, 0.2) is 59.5 Å². The van der Waals surface area contributed by atoms with Crippen LogP contribution in [0.2, 0.25) is 0 Å². The molecule has 2 heterocycles. The summed E-state index contributed by atoms with van der Waals surface area (Å²) in [6.45, 7) is 5.16.